The van der Waals surface area contributed by atoms with Gasteiger partial charge in [-0.25, -0.2) is 13.4 Å². The maximum Gasteiger partial charge on any atom is 0.253 e. The van der Waals surface area contributed by atoms with Gasteiger partial charge in [0.05, 0.1) is 18.1 Å². The number of benzene rings is 2. The highest BCUT2D eigenvalue weighted by molar-refractivity contribution is 7.88. The second-order valence-electron chi connectivity index (χ2n) is 10.2. The van der Waals surface area contributed by atoms with E-state index in [1.165, 1.54) is 10.6 Å². The first-order valence-corrected chi connectivity index (χ1v) is 15.0. The fourth-order valence-electron chi connectivity index (χ4n) is 5.07. The molecule has 9 heteroatoms. The number of rotatable bonds is 13. The molecule has 8 nitrogen and oxygen atoms in total. The van der Waals surface area contributed by atoms with Crippen LogP contribution in [-0.4, -0.2) is 70.9 Å². The number of hydrogen-bond acceptors (Lipinski definition) is 5. The normalized spacial score (nSPS) is 15.1. The first-order chi connectivity index (χ1) is 18.3. The molecule has 1 aliphatic carbocycles. The first kappa shape index (κ1) is 28.0. The molecule has 1 aromatic heterocycles. The van der Waals surface area contributed by atoms with Gasteiger partial charge in [0, 0.05) is 37.4 Å². The van der Waals surface area contributed by atoms with E-state index in [1.807, 2.05) is 48.5 Å². The van der Waals surface area contributed by atoms with Gasteiger partial charge in [-0.2, -0.15) is 4.31 Å². The van der Waals surface area contributed by atoms with Crippen molar-refractivity contribution in [3.8, 4) is 0 Å². The number of aromatic amines is 1. The molecule has 204 valence electrons. The van der Waals surface area contributed by atoms with Crippen molar-refractivity contribution < 1.29 is 18.3 Å². The maximum absolute atomic E-state index is 13.5. The van der Waals surface area contributed by atoms with E-state index < -0.39 is 16.1 Å². The Kier molecular flexibility index (Phi) is 9.71. The van der Waals surface area contributed by atoms with Gasteiger partial charge in [0.1, 0.15) is 5.75 Å². The second-order valence-corrected chi connectivity index (χ2v) is 12.2. The number of amides is 1. The molecule has 0 saturated heterocycles. The van der Waals surface area contributed by atoms with Crippen molar-refractivity contribution >= 4 is 15.9 Å². The molecule has 1 amide bonds. The molecule has 38 heavy (non-hydrogen) atoms. The molecule has 0 aliphatic heterocycles. The number of aliphatic hydroxyl groups is 1. The van der Waals surface area contributed by atoms with Gasteiger partial charge in [0.2, 0.25) is 10.0 Å². The predicted molar refractivity (Wildman–Crippen MR) is 148 cm³/mol. The molecule has 1 fully saturated rings. The minimum absolute atomic E-state index is 0.0404. The minimum atomic E-state index is -3.73. The molecule has 0 bridgehead atoms. The standard InChI is InChI=1S/C29H38N4O4S/c1-23-28(31-22-30-23)21-38(36,37)33(18-25-12-8-9-13-25)20-27(34)19-32(17-16-24-10-4-2-5-11-24)29(35)26-14-6-3-7-15-26/h2-7,10-11,14-15,22,25,27,34H,8-9,12-13,16-21H2,1H3,(H,30,31)/t27-/m0/s1. The fraction of sp³-hybridized carbons (Fsp3) is 0.448. The molecule has 0 unspecified atom stereocenters. The molecule has 1 heterocycles. The van der Waals surface area contributed by atoms with Gasteiger partial charge < -0.3 is 15.0 Å². The van der Waals surface area contributed by atoms with E-state index in [2.05, 4.69) is 9.97 Å². The molecule has 0 radical (unpaired) electrons. The van der Waals surface area contributed by atoms with Crippen molar-refractivity contribution in [3.05, 3.63) is 89.5 Å². The van der Waals surface area contributed by atoms with Gasteiger partial charge >= 0.3 is 0 Å². The molecule has 0 spiro atoms. The Hall–Kier alpha value is -3.01. The average Bonchev–Trinajstić information content (AvgIpc) is 3.58. The van der Waals surface area contributed by atoms with Crippen LogP contribution in [0.4, 0.5) is 0 Å². The average molecular weight is 539 g/mol. The maximum atomic E-state index is 13.5. The Balaban J connectivity index is 1.49. The molecular formula is C29H38N4O4S. The minimum Gasteiger partial charge on any atom is -0.390 e. The highest BCUT2D eigenvalue weighted by atomic mass is 32.2. The molecule has 1 aliphatic rings. The summed E-state index contributed by atoms with van der Waals surface area (Å²) in [6, 6.07) is 18.9. The summed E-state index contributed by atoms with van der Waals surface area (Å²) in [6.45, 7) is 2.56. The molecule has 4 rings (SSSR count). The zero-order valence-corrected chi connectivity index (χ0v) is 22.8. The third-order valence-electron chi connectivity index (χ3n) is 7.25. The van der Waals surface area contributed by atoms with Crippen LogP contribution >= 0.6 is 0 Å². The predicted octanol–water partition coefficient (Wildman–Crippen LogP) is 3.79. The van der Waals surface area contributed by atoms with Crippen LogP contribution in [0.5, 0.6) is 0 Å². The second kappa shape index (κ2) is 13.2. The summed E-state index contributed by atoms with van der Waals surface area (Å²) in [7, 11) is -3.73. The number of aryl methyl sites for hydroxylation is 1. The van der Waals surface area contributed by atoms with Gasteiger partial charge in [0.25, 0.3) is 5.91 Å². The van der Waals surface area contributed by atoms with Gasteiger partial charge in [-0.05, 0) is 49.8 Å². The summed E-state index contributed by atoms with van der Waals surface area (Å²) in [4.78, 5) is 22.1. The van der Waals surface area contributed by atoms with E-state index in [-0.39, 0.29) is 30.7 Å². The van der Waals surface area contributed by atoms with Crippen molar-refractivity contribution in [2.75, 3.05) is 26.2 Å². The van der Waals surface area contributed by atoms with Crippen molar-refractivity contribution in [3.63, 3.8) is 0 Å². The third-order valence-corrected chi connectivity index (χ3v) is 8.97. The zero-order valence-electron chi connectivity index (χ0n) is 22.0. The van der Waals surface area contributed by atoms with Crippen LogP contribution in [-0.2, 0) is 22.2 Å². The quantitative estimate of drug-likeness (QED) is 0.344. The SMILES string of the molecule is Cc1[nH]cnc1CS(=O)(=O)N(CC1CCCC1)C[C@@H](O)CN(CCc1ccccc1)C(=O)c1ccccc1. The number of carbonyl (C=O) groups excluding carboxylic acids is 1. The summed E-state index contributed by atoms with van der Waals surface area (Å²) in [5.41, 5.74) is 2.83. The first-order valence-electron chi connectivity index (χ1n) is 13.3. The van der Waals surface area contributed by atoms with Gasteiger partial charge in [-0.15, -0.1) is 0 Å². The summed E-state index contributed by atoms with van der Waals surface area (Å²) in [5.74, 6) is -0.127. The van der Waals surface area contributed by atoms with Crippen LogP contribution in [0.3, 0.4) is 0 Å². The highest BCUT2D eigenvalue weighted by Gasteiger charge is 2.31. The molecule has 1 atom stereocenters. The number of nitrogens with one attached hydrogen (secondary N) is 1. The number of hydrogen-bond donors (Lipinski definition) is 2. The van der Waals surface area contributed by atoms with Crippen LogP contribution in [0.15, 0.2) is 67.0 Å². The highest BCUT2D eigenvalue weighted by Crippen LogP contribution is 2.27. The number of H-pyrrole nitrogens is 1. The van der Waals surface area contributed by atoms with Crippen molar-refractivity contribution in [1.29, 1.82) is 0 Å². The summed E-state index contributed by atoms with van der Waals surface area (Å²) in [5, 5.41) is 11.2. The lowest BCUT2D eigenvalue weighted by Gasteiger charge is -2.30. The van der Waals surface area contributed by atoms with E-state index >= 15 is 0 Å². The van der Waals surface area contributed by atoms with Crippen molar-refractivity contribution in [1.82, 2.24) is 19.2 Å². The third kappa shape index (κ3) is 7.75. The Bertz CT molecular complexity index is 1260. The Morgan fingerprint density at radius 1 is 1.05 bits per heavy atom. The van der Waals surface area contributed by atoms with Gasteiger partial charge in [-0.3, -0.25) is 4.79 Å². The lowest BCUT2D eigenvalue weighted by molar-refractivity contribution is 0.0584. The van der Waals surface area contributed by atoms with Crippen molar-refractivity contribution in [2.24, 2.45) is 5.92 Å². The number of aliphatic hydroxyl groups excluding tert-OH is 1. The van der Waals surface area contributed by atoms with E-state index in [9.17, 15) is 18.3 Å². The number of aromatic nitrogens is 2. The molecular weight excluding hydrogens is 500 g/mol. The van der Waals surface area contributed by atoms with E-state index in [1.54, 1.807) is 24.0 Å². The Morgan fingerprint density at radius 2 is 1.71 bits per heavy atom. The van der Waals surface area contributed by atoms with Crippen LogP contribution in [0.1, 0.15) is 53.0 Å². The number of carbonyl (C=O) groups is 1. The molecule has 1 saturated carbocycles. The molecule has 2 N–H and O–H groups in total. The van der Waals surface area contributed by atoms with E-state index in [0.29, 0.717) is 30.8 Å². The lowest BCUT2D eigenvalue weighted by atomic mass is 10.1. The Labute approximate surface area is 225 Å². The Morgan fingerprint density at radius 3 is 2.34 bits per heavy atom. The van der Waals surface area contributed by atoms with Crippen molar-refractivity contribution in [2.45, 2.75) is 50.9 Å². The number of imidazole rings is 1. The van der Waals surface area contributed by atoms with E-state index in [4.69, 9.17) is 0 Å². The van der Waals surface area contributed by atoms with Crippen LogP contribution in [0.2, 0.25) is 0 Å². The van der Waals surface area contributed by atoms with Crippen LogP contribution in [0, 0.1) is 12.8 Å². The molecule has 2 aromatic carbocycles. The summed E-state index contributed by atoms with van der Waals surface area (Å²) < 4.78 is 28.4. The largest absolute Gasteiger partial charge is 0.390 e. The fourth-order valence-corrected chi connectivity index (χ4v) is 6.73. The topological polar surface area (TPSA) is 107 Å². The smallest absolute Gasteiger partial charge is 0.253 e. The monoisotopic (exact) mass is 538 g/mol. The van der Waals surface area contributed by atoms with Gasteiger partial charge in [-0.1, -0.05) is 61.4 Å². The molecule has 3 aromatic rings. The number of sulfonamides is 1. The van der Waals surface area contributed by atoms with Crippen LogP contribution < -0.4 is 0 Å². The van der Waals surface area contributed by atoms with Crippen LogP contribution in [0.25, 0.3) is 0 Å². The van der Waals surface area contributed by atoms with E-state index in [0.717, 1.165) is 36.9 Å². The summed E-state index contributed by atoms with van der Waals surface area (Å²) in [6.07, 6.45) is 5.26. The summed E-state index contributed by atoms with van der Waals surface area (Å²) >= 11 is 0. The lowest BCUT2D eigenvalue weighted by Crippen LogP contribution is -2.46. The van der Waals surface area contributed by atoms with Gasteiger partial charge in [0.15, 0.2) is 0 Å². The zero-order chi connectivity index (χ0) is 27.0. The number of nitrogens with zero attached hydrogens (tertiary/aromatic N) is 3.